The van der Waals surface area contributed by atoms with Crippen LogP contribution in [0.4, 0.5) is 0 Å². The third kappa shape index (κ3) is 2.36. The van der Waals surface area contributed by atoms with Crippen LogP contribution < -0.4 is 0 Å². The van der Waals surface area contributed by atoms with Gasteiger partial charge in [-0.15, -0.1) is 0 Å². The van der Waals surface area contributed by atoms with E-state index in [0.717, 1.165) is 26.4 Å². The summed E-state index contributed by atoms with van der Waals surface area (Å²) in [7, 11) is 1.88. The summed E-state index contributed by atoms with van der Waals surface area (Å²) in [4.78, 5) is 13.9. The minimum atomic E-state index is 0.114. The van der Waals surface area contributed by atoms with E-state index in [2.05, 4.69) is 38.5 Å². The maximum atomic E-state index is 12.1. The Morgan fingerprint density at radius 1 is 1.53 bits per heavy atom. The summed E-state index contributed by atoms with van der Waals surface area (Å²) in [5.74, 6) is 0.114. The number of nitrogens with zero attached hydrogens (tertiary/aromatic N) is 1. The molecule has 0 spiro atoms. The lowest BCUT2D eigenvalue weighted by Gasteiger charge is -2.17. The van der Waals surface area contributed by atoms with E-state index < -0.39 is 0 Å². The Bertz CT molecular complexity index is 404. The lowest BCUT2D eigenvalue weighted by molar-refractivity contribution is 0.0784. The molecular weight excluding hydrogens is 369 g/mol. The molecular formula is C11H11BrINO. The van der Waals surface area contributed by atoms with E-state index in [1.165, 1.54) is 0 Å². The van der Waals surface area contributed by atoms with E-state index >= 15 is 0 Å². The van der Waals surface area contributed by atoms with Gasteiger partial charge in [0.2, 0.25) is 0 Å². The van der Waals surface area contributed by atoms with Gasteiger partial charge in [0.25, 0.3) is 5.91 Å². The fourth-order valence-electron chi connectivity index (χ4n) is 1.49. The third-order valence-electron chi connectivity index (χ3n) is 2.60. The molecule has 1 aliphatic rings. The van der Waals surface area contributed by atoms with E-state index in [1.807, 2.05) is 30.1 Å². The van der Waals surface area contributed by atoms with Gasteiger partial charge in [0, 0.05) is 21.1 Å². The summed E-state index contributed by atoms with van der Waals surface area (Å²) in [6.45, 7) is 0. The summed E-state index contributed by atoms with van der Waals surface area (Å²) < 4.78 is 1.98. The lowest BCUT2D eigenvalue weighted by Crippen LogP contribution is -2.29. The molecule has 2 nitrogen and oxygen atoms in total. The Kier molecular flexibility index (Phi) is 3.35. The minimum Gasteiger partial charge on any atom is -0.339 e. The third-order valence-corrected chi connectivity index (χ3v) is 5.09. The minimum absolute atomic E-state index is 0.114. The number of carbonyl (C=O) groups excluding carboxylic acids is 1. The first-order chi connectivity index (χ1) is 7.11. The second-order valence-electron chi connectivity index (χ2n) is 3.75. The average Bonchev–Trinajstić information content (AvgIpc) is 3.03. The van der Waals surface area contributed by atoms with Crippen molar-refractivity contribution in [2.24, 2.45) is 0 Å². The molecule has 1 saturated carbocycles. The SMILES string of the molecule is CN(C(=O)c1cccc(I)c1Br)C1CC1. The van der Waals surface area contributed by atoms with E-state index in [4.69, 9.17) is 0 Å². The number of hydrogen-bond acceptors (Lipinski definition) is 1. The van der Waals surface area contributed by atoms with Gasteiger partial charge in [0.15, 0.2) is 0 Å². The maximum Gasteiger partial charge on any atom is 0.255 e. The molecule has 0 bridgehead atoms. The van der Waals surface area contributed by atoms with E-state index in [0.29, 0.717) is 6.04 Å². The predicted octanol–water partition coefficient (Wildman–Crippen LogP) is 3.29. The number of benzene rings is 1. The zero-order chi connectivity index (χ0) is 11.0. The Morgan fingerprint density at radius 3 is 2.80 bits per heavy atom. The second kappa shape index (κ2) is 4.41. The largest absolute Gasteiger partial charge is 0.339 e. The van der Waals surface area contributed by atoms with Gasteiger partial charge in [-0.2, -0.15) is 0 Å². The summed E-state index contributed by atoms with van der Waals surface area (Å²) >= 11 is 5.69. The molecule has 0 N–H and O–H groups in total. The van der Waals surface area contributed by atoms with Crippen LogP contribution in [-0.2, 0) is 0 Å². The van der Waals surface area contributed by atoms with Crippen LogP contribution in [0, 0.1) is 3.57 Å². The van der Waals surface area contributed by atoms with Crippen LogP contribution in [0.25, 0.3) is 0 Å². The van der Waals surface area contributed by atoms with Crippen LogP contribution in [0.15, 0.2) is 22.7 Å². The normalized spacial score (nSPS) is 15.1. The van der Waals surface area contributed by atoms with Crippen LogP contribution in [0.3, 0.4) is 0 Å². The summed E-state index contributed by atoms with van der Waals surface area (Å²) in [5, 5.41) is 0. The van der Waals surface area contributed by atoms with Crippen LogP contribution in [0.1, 0.15) is 23.2 Å². The first-order valence-electron chi connectivity index (χ1n) is 4.82. The molecule has 15 heavy (non-hydrogen) atoms. The van der Waals surface area contributed by atoms with Crippen LogP contribution in [0.2, 0.25) is 0 Å². The summed E-state index contributed by atoms with van der Waals surface area (Å²) in [5.41, 5.74) is 0.760. The van der Waals surface area contributed by atoms with Crippen molar-refractivity contribution in [1.29, 1.82) is 0 Å². The molecule has 0 unspecified atom stereocenters. The molecule has 4 heteroatoms. The highest BCUT2D eigenvalue weighted by molar-refractivity contribution is 14.1. The highest BCUT2D eigenvalue weighted by atomic mass is 127. The zero-order valence-electron chi connectivity index (χ0n) is 8.34. The molecule has 0 saturated heterocycles. The first-order valence-corrected chi connectivity index (χ1v) is 6.69. The molecule has 0 aromatic heterocycles. The maximum absolute atomic E-state index is 12.1. The molecule has 0 heterocycles. The van der Waals surface area contributed by atoms with Gasteiger partial charge in [-0.3, -0.25) is 4.79 Å². The Labute approximate surface area is 111 Å². The number of amides is 1. The van der Waals surface area contributed by atoms with Crippen molar-refractivity contribution in [3.63, 3.8) is 0 Å². The Morgan fingerprint density at radius 2 is 2.20 bits per heavy atom. The fourth-order valence-corrected chi connectivity index (χ4v) is 2.42. The quantitative estimate of drug-likeness (QED) is 0.722. The average molecular weight is 380 g/mol. The lowest BCUT2D eigenvalue weighted by atomic mass is 10.2. The Balaban J connectivity index is 2.28. The van der Waals surface area contributed by atoms with Crippen molar-refractivity contribution in [2.75, 3.05) is 7.05 Å². The van der Waals surface area contributed by atoms with Crippen molar-refractivity contribution in [3.05, 3.63) is 31.8 Å². The molecule has 0 radical (unpaired) electrons. The van der Waals surface area contributed by atoms with Gasteiger partial charge in [-0.25, -0.2) is 0 Å². The Hall–Kier alpha value is -0.100. The zero-order valence-corrected chi connectivity index (χ0v) is 12.1. The standard InChI is InChI=1S/C11H11BrINO/c1-14(7-5-6-7)11(15)8-3-2-4-9(13)10(8)12/h2-4,7H,5-6H2,1H3. The summed E-state index contributed by atoms with van der Waals surface area (Å²) in [6, 6.07) is 6.23. The van der Waals surface area contributed by atoms with E-state index in [9.17, 15) is 4.79 Å². The molecule has 0 atom stereocenters. The molecule has 0 aliphatic heterocycles. The first kappa shape index (κ1) is 11.4. The van der Waals surface area contributed by atoms with Gasteiger partial charge < -0.3 is 4.90 Å². The van der Waals surface area contributed by atoms with Crippen LogP contribution in [0.5, 0.6) is 0 Å². The molecule has 1 amide bonds. The van der Waals surface area contributed by atoms with Crippen molar-refractivity contribution in [1.82, 2.24) is 4.90 Å². The monoisotopic (exact) mass is 379 g/mol. The second-order valence-corrected chi connectivity index (χ2v) is 5.70. The molecule has 1 aliphatic carbocycles. The number of halogens is 2. The van der Waals surface area contributed by atoms with Crippen molar-refractivity contribution >= 4 is 44.4 Å². The molecule has 80 valence electrons. The number of rotatable bonds is 2. The smallest absolute Gasteiger partial charge is 0.255 e. The van der Waals surface area contributed by atoms with Gasteiger partial charge in [-0.05, 0) is 63.5 Å². The van der Waals surface area contributed by atoms with Crippen molar-refractivity contribution in [3.8, 4) is 0 Å². The van der Waals surface area contributed by atoms with Gasteiger partial charge in [0.1, 0.15) is 0 Å². The van der Waals surface area contributed by atoms with Crippen LogP contribution in [-0.4, -0.2) is 23.9 Å². The van der Waals surface area contributed by atoms with E-state index in [1.54, 1.807) is 0 Å². The van der Waals surface area contributed by atoms with Crippen molar-refractivity contribution < 1.29 is 4.79 Å². The predicted molar refractivity (Wildman–Crippen MR) is 72.0 cm³/mol. The highest BCUT2D eigenvalue weighted by Crippen LogP contribution is 2.29. The van der Waals surface area contributed by atoms with Gasteiger partial charge >= 0.3 is 0 Å². The topological polar surface area (TPSA) is 20.3 Å². The van der Waals surface area contributed by atoms with E-state index in [-0.39, 0.29) is 5.91 Å². The van der Waals surface area contributed by atoms with Gasteiger partial charge in [-0.1, -0.05) is 6.07 Å². The molecule has 2 rings (SSSR count). The molecule has 1 fully saturated rings. The number of carbonyl (C=O) groups is 1. The van der Waals surface area contributed by atoms with Crippen molar-refractivity contribution in [2.45, 2.75) is 18.9 Å². The fraction of sp³-hybridized carbons (Fsp3) is 0.364. The highest BCUT2D eigenvalue weighted by Gasteiger charge is 2.30. The number of hydrogen-bond donors (Lipinski definition) is 0. The molecule has 1 aromatic carbocycles. The molecule has 1 aromatic rings. The van der Waals surface area contributed by atoms with Crippen LogP contribution >= 0.6 is 38.5 Å². The van der Waals surface area contributed by atoms with Gasteiger partial charge in [0.05, 0.1) is 5.56 Å². The summed E-state index contributed by atoms with van der Waals surface area (Å²) in [6.07, 6.45) is 2.29.